The van der Waals surface area contributed by atoms with Crippen molar-refractivity contribution in [3.63, 3.8) is 0 Å². The van der Waals surface area contributed by atoms with Crippen molar-refractivity contribution in [2.75, 3.05) is 0 Å². The second-order valence-electron chi connectivity index (χ2n) is 4.92. The van der Waals surface area contributed by atoms with Crippen LogP contribution in [0.1, 0.15) is 24.6 Å². The van der Waals surface area contributed by atoms with Crippen LogP contribution in [0.4, 0.5) is 4.39 Å². The van der Waals surface area contributed by atoms with Crippen LogP contribution in [0.2, 0.25) is 5.02 Å². The molecule has 1 unspecified atom stereocenters. The Balaban J connectivity index is 2.09. The number of hydrogen-bond donors (Lipinski definition) is 0. The Morgan fingerprint density at radius 1 is 1.43 bits per heavy atom. The molecule has 0 N–H and O–H groups in total. The van der Waals surface area contributed by atoms with E-state index in [1.54, 1.807) is 12.3 Å². The number of imidazole rings is 1. The van der Waals surface area contributed by atoms with Crippen molar-refractivity contribution >= 4 is 34.2 Å². The first-order valence-electron chi connectivity index (χ1n) is 6.54. The van der Waals surface area contributed by atoms with Gasteiger partial charge in [0.15, 0.2) is 0 Å². The highest BCUT2D eigenvalue weighted by molar-refractivity contribution is 6.31. The first kappa shape index (κ1) is 14.4. The molecule has 0 bridgehead atoms. The van der Waals surface area contributed by atoms with E-state index < -0.39 is 5.82 Å². The topological polar surface area (TPSA) is 31.0 Å². The van der Waals surface area contributed by atoms with Crippen LogP contribution >= 0.6 is 23.2 Å². The molecule has 1 aromatic carbocycles. The summed E-state index contributed by atoms with van der Waals surface area (Å²) >= 11 is 11.9. The normalized spacial score (nSPS) is 13.0. The Kier molecular flexibility index (Phi) is 3.91. The van der Waals surface area contributed by atoms with E-state index >= 15 is 0 Å². The third kappa shape index (κ3) is 2.65. The van der Waals surface area contributed by atoms with Crippen LogP contribution in [-0.4, -0.2) is 9.55 Å². The molecule has 2 heterocycles. The fourth-order valence-electron chi connectivity index (χ4n) is 2.54. The van der Waals surface area contributed by atoms with Gasteiger partial charge < -0.3 is 8.98 Å². The fraction of sp³-hybridized carbons (Fsp3) is 0.267. The second-order valence-corrected chi connectivity index (χ2v) is 5.59. The van der Waals surface area contributed by atoms with E-state index in [1.807, 2.05) is 23.6 Å². The Hall–Kier alpha value is -1.52. The van der Waals surface area contributed by atoms with Gasteiger partial charge in [-0.3, -0.25) is 0 Å². The van der Waals surface area contributed by atoms with Gasteiger partial charge in [0.05, 0.1) is 28.2 Å². The first-order chi connectivity index (χ1) is 10.1. The molecule has 6 heteroatoms. The van der Waals surface area contributed by atoms with Gasteiger partial charge in [-0.05, 0) is 25.1 Å². The lowest BCUT2D eigenvalue weighted by Gasteiger charge is -2.16. The standard InChI is InChI=1S/C15H13Cl2FN2O/c1-9(5-10-3-2-4-21-10)20-14-6-11(17)12(18)7-13(14)19-15(20)8-16/h2-4,6-7,9H,5,8H2,1H3. The van der Waals surface area contributed by atoms with Crippen LogP contribution in [-0.2, 0) is 12.3 Å². The third-order valence-corrected chi connectivity index (χ3v) is 3.97. The average molecular weight is 327 g/mol. The van der Waals surface area contributed by atoms with Gasteiger partial charge in [-0.2, -0.15) is 0 Å². The molecule has 3 rings (SSSR count). The van der Waals surface area contributed by atoms with Crippen molar-refractivity contribution in [1.29, 1.82) is 0 Å². The molecule has 3 nitrogen and oxygen atoms in total. The van der Waals surface area contributed by atoms with E-state index in [2.05, 4.69) is 4.98 Å². The lowest BCUT2D eigenvalue weighted by atomic mass is 10.2. The van der Waals surface area contributed by atoms with Crippen molar-refractivity contribution in [3.05, 3.63) is 53.0 Å². The minimum Gasteiger partial charge on any atom is -0.469 e. The summed E-state index contributed by atoms with van der Waals surface area (Å²) < 4.78 is 20.9. The van der Waals surface area contributed by atoms with Gasteiger partial charge in [0.25, 0.3) is 0 Å². The summed E-state index contributed by atoms with van der Waals surface area (Å²) in [5.41, 5.74) is 1.33. The lowest BCUT2D eigenvalue weighted by molar-refractivity contribution is 0.449. The monoisotopic (exact) mass is 326 g/mol. The van der Waals surface area contributed by atoms with E-state index in [9.17, 15) is 4.39 Å². The summed E-state index contributed by atoms with van der Waals surface area (Å²) in [7, 11) is 0. The lowest BCUT2D eigenvalue weighted by Crippen LogP contribution is -2.11. The summed E-state index contributed by atoms with van der Waals surface area (Å²) in [5, 5.41) is 0.0787. The maximum atomic E-state index is 13.6. The molecule has 0 fully saturated rings. The summed E-state index contributed by atoms with van der Waals surface area (Å²) in [5.74, 6) is 1.33. The van der Waals surface area contributed by atoms with Gasteiger partial charge in [-0.15, -0.1) is 11.6 Å². The molecule has 0 radical (unpaired) electrons. The number of hydrogen-bond acceptors (Lipinski definition) is 2. The van der Waals surface area contributed by atoms with E-state index in [-0.39, 0.29) is 16.9 Å². The fourth-order valence-corrected chi connectivity index (χ4v) is 2.88. The second kappa shape index (κ2) is 5.70. The molecule has 3 aromatic rings. The van der Waals surface area contributed by atoms with Gasteiger partial charge >= 0.3 is 0 Å². The molecule has 2 aromatic heterocycles. The number of benzene rings is 1. The van der Waals surface area contributed by atoms with Crippen molar-refractivity contribution in [2.45, 2.75) is 25.3 Å². The molecule has 0 aliphatic carbocycles. The largest absolute Gasteiger partial charge is 0.469 e. The van der Waals surface area contributed by atoms with Crippen LogP contribution < -0.4 is 0 Å². The van der Waals surface area contributed by atoms with E-state index in [0.717, 1.165) is 11.3 Å². The SMILES string of the molecule is CC(Cc1ccco1)n1c(CCl)nc2cc(F)c(Cl)cc21. The van der Waals surface area contributed by atoms with Crippen molar-refractivity contribution in [2.24, 2.45) is 0 Å². The molecule has 0 amide bonds. The van der Waals surface area contributed by atoms with Crippen LogP contribution in [0, 0.1) is 5.82 Å². The zero-order valence-electron chi connectivity index (χ0n) is 11.3. The zero-order chi connectivity index (χ0) is 15.0. The summed E-state index contributed by atoms with van der Waals surface area (Å²) in [6.07, 6.45) is 2.33. The van der Waals surface area contributed by atoms with Gasteiger partial charge in [0.2, 0.25) is 0 Å². The quantitative estimate of drug-likeness (QED) is 0.634. The summed E-state index contributed by atoms with van der Waals surface area (Å²) in [6.45, 7) is 2.04. The van der Waals surface area contributed by atoms with E-state index in [0.29, 0.717) is 17.8 Å². The molecule has 110 valence electrons. The number of nitrogens with zero attached hydrogens (tertiary/aromatic N) is 2. The molecule has 21 heavy (non-hydrogen) atoms. The minimum absolute atomic E-state index is 0.0661. The number of aromatic nitrogens is 2. The zero-order valence-corrected chi connectivity index (χ0v) is 12.8. The molecule has 0 saturated heterocycles. The molecule has 0 aliphatic rings. The number of fused-ring (bicyclic) bond motifs is 1. The maximum absolute atomic E-state index is 13.6. The average Bonchev–Trinajstić information content (AvgIpc) is 3.06. The van der Waals surface area contributed by atoms with Gasteiger partial charge in [0, 0.05) is 18.5 Å². The van der Waals surface area contributed by atoms with Gasteiger partial charge in [-0.25, -0.2) is 9.37 Å². The number of alkyl halides is 1. The van der Waals surface area contributed by atoms with Crippen LogP contribution in [0.5, 0.6) is 0 Å². The predicted molar refractivity (Wildman–Crippen MR) is 81.4 cm³/mol. The molecular weight excluding hydrogens is 314 g/mol. The molecular formula is C15H13Cl2FN2O. The van der Waals surface area contributed by atoms with Crippen molar-refractivity contribution in [1.82, 2.24) is 9.55 Å². The molecule has 0 saturated carbocycles. The highest BCUT2D eigenvalue weighted by Crippen LogP contribution is 2.28. The molecule has 0 spiro atoms. The maximum Gasteiger partial charge on any atom is 0.144 e. The molecule has 1 atom stereocenters. The Morgan fingerprint density at radius 3 is 2.90 bits per heavy atom. The van der Waals surface area contributed by atoms with E-state index in [4.69, 9.17) is 27.6 Å². The Bertz CT molecular complexity index is 768. The minimum atomic E-state index is -0.478. The van der Waals surface area contributed by atoms with Gasteiger partial charge in [-0.1, -0.05) is 11.6 Å². The predicted octanol–water partition coefficient (Wildman–Crippen LogP) is 4.96. The van der Waals surface area contributed by atoms with E-state index in [1.165, 1.54) is 6.07 Å². The first-order valence-corrected chi connectivity index (χ1v) is 7.45. The van der Waals surface area contributed by atoms with Crippen LogP contribution in [0.3, 0.4) is 0 Å². The Morgan fingerprint density at radius 2 is 2.24 bits per heavy atom. The van der Waals surface area contributed by atoms with Crippen molar-refractivity contribution in [3.8, 4) is 0 Å². The Labute approximate surface area is 131 Å². The highest BCUT2D eigenvalue weighted by Gasteiger charge is 2.18. The number of rotatable bonds is 4. The molecule has 0 aliphatic heterocycles. The third-order valence-electron chi connectivity index (χ3n) is 3.44. The van der Waals surface area contributed by atoms with Crippen LogP contribution in [0.15, 0.2) is 34.9 Å². The van der Waals surface area contributed by atoms with Crippen LogP contribution in [0.25, 0.3) is 11.0 Å². The number of furan rings is 1. The summed E-state index contributed by atoms with van der Waals surface area (Å²) in [6, 6.07) is 6.76. The highest BCUT2D eigenvalue weighted by atomic mass is 35.5. The van der Waals surface area contributed by atoms with Crippen molar-refractivity contribution < 1.29 is 8.81 Å². The number of halogens is 3. The van der Waals surface area contributed by atoms with Gasteiger partial charge in [0.1, 0.15) is 17.4 Å². The smallest absolute Gasteiger partial charge is 0.144 e. The summed E-state index contributed by atoms with van der Waals surface area (Å²) in [4.78, 5) is 4.39.